The molecule has 0 amide bonds. The van der Waals surface area contributed by atoms with E-state index in [1.807, 2.05) is 0 Å². The molecule has 0 heterocycles. The molecular weight excluding hydrogens is 262 g/mol. The van der Waals surface area contributed by atoms with Crippen LogP contribution in [0.5, 0.6) is 0 Å². The Hall–Kier alpha value is -1.35. The molecule has 3 heteroatoms. The summed E-state index contributed by atoms with van der Waals surface area (Å²) in [5.74, 6) is 0. The smallest absolute Gasteiger partial charge is 0.0941 e. The van der Waals surface area contributed by atoms with Crippen LogP contribution in [-0.2, 0) is 10.3 Å². The van der Waals surface area contributed by atoms with Crippen molar-refractivity contribution in [2.45, 2.75) is 64.9 Å². The molecule has 0 saturated heterocycles. The lowest BCUT2D eigenvalue weighted by atomic mass is 9.76. The van der Waals surface area contributed by atoms with E-state index >= 15 is 0 Å². The average molecular weight is 289 g/mol. The largest absolute Gasteiger partial charge is 0.411 e. The summed E-state index contributed by atoms with van der Waals surface area (Å²) >= 11 is 0. The van der Waals surface area contributed by atoms with E-state index in [2.05, 4.69) is 44.1 Å². The van der Waals surface area contributed by atoms with Crippen LogP contribution < -0.4 is 0 Å². The zero-order chi connectivity index (χ0) is 15.3. The van der Waals surface area contributed by atoms with Crippen LogP contribution in [0.25, 0.3) is 0 Å². The standard InChI is InChI=1S/C18H27NO2/c1-4-5-12-21-18(10-8-16(19-20)9-11-18)17-13-14(2)6-7-15(17)3/h6-7,13,20H,4-5,8-12H2,1-3H3. The van der Waals surface area contributed by atoms with Crippen molar-refractivity contribution < 1.29 is 9.94 Å². The first-order chi connectivity index (χ1) is 10.1. The first-order valence-electron chi connectivity index (χ1n) is 8.03. The Morgan fingerprint density at radius 3 is 2.57 bits per heavy atom. The molecular formula is C18H27NO2. The third-order valence-electron chi connectivity index (χ3n) is 4.54. The molecule has 2 rings (SSSR count). The van der Waals surface area contributed by atoms with Gasteiger partial charge in [-0.25, -0.2) is 0 Å². The van der Waals surface area contributed by atoms with Crippen LogP contribution >= 0.6 is 0 Å². The molecule has 0 bridgehead atoms. The third kappa shape index (κ3) is 3.65. The first kappa shape index (κ1) is 16.0. The molecule has 1 N–H and O–H groups in total. The number of hydrogen-bond acceptors (Lipinski definition) is 3. The van der Waals surface area contributed by atoms with Gasteiger partial charge >= 0.3 is 0 Å². The van der Waals surface area contributed by atoms with Crippen molar-refractivity contribution in [3.8, 4) is 0 Å². The summed E-state index contributed by atoms with van der Waals surface area (Å²) in [4.78, 5) is 0. The fraction of sp³-hybridized carbons (Fsp3) is 0.611. The predicted octanol–water partition coefficient (Wildman–Crippen LogP) is 4.72. The zero-order valence-electron chi connectivity index (χ0n) is 13.5. The normalized spacial score (nSPS) is 22.3. The number of rotatable bonds is 5. The van der Waals surface area contributed by atoms with Gasteiger partial charge in [0, 0.05) is 6.61 Å². The van der Waals surface area contributed by atoms with E-state index in [0.717, 1.165) is 50.8 Å². The highest BCUT2D eigenvalue weighted by molar-refractivity contribution is 5.84. The maximum absolute atomic E-state index is 8.99. The number of nitrogens with zero attached hydrogens (tertiary/aromatic N) is 1. The molecule has 0 aliphatic heterocycles. The molecule has 21 heavy (non-hydrogen) atoms. The van der Waals surface area contributed by atoms with Crippen molar-refractivity contribution in [2.24, 2.45) is 5.16 Å². The van der Waals surface area contributed by atoms with Crippen molar-refractivity contribution in [1.82, 2.24) is 0 Å². The molecule has 116 valence electrons. The quantitative estimate of drug-likeness (QED) is 0.484. The fourth-order valence-corrected chi connectivity index (χ4v) is 3.17. The van der Waals surface area contributed by atoms with Gasteiger partial charge in [0.2, 0.25) is 0 Å². The van der Waals surface area contributed by atoms with Gasteiger partial charge in [-0.2, -0.15) is 0 Å². The molecule has 0 aromatic heterocycles. The second-order valence-electron chi connectivity index (χ2n) is 6.18. The van der Waals surface area contributed by atoms with Crippen molar-refractivity contribution in [3.63, 3.8) is 0 Å². The van der Waals surface area contributed by atoms with Crippen LogP contribution in [-0.4, -0.2) is 17.5 Å². The number of hydrogen-bond donors (Lipinski definition) is 1. The molecule has 1 fully saturated rings. The highest BCUT2D eigenvalue weighted by Gasteiger charge is 2.37. The van der Waals surface area contributed by atoms with Crippen molar-refractivity contribution in [1.29, 1.82) is 0 Å². The molecule has 1 saturated carbocycles. The van der Waals surface area contributed by atoms with E-state index in [9.17, 15) is 0 Å². The fourth-order valence-electron chi connectivity index (χ4n) is 3.17. The lowest BCUT2D eigenvalue weighted by molar-refractivity contribution is -0.0668. The Morgan fingerprint density at radius 1 is 1.24 bits per heavy atom. The Bertz CT molecular complexity index is 498. The van der Waals surface area contributed by atoms with Gasteiger partial charge in [-0.15, -0.1) is 0 Å². The topological polar surface area (TPSA) is 41.8 Å². The Kier molecular flexibility index (Phi) is 5.40. The van der Waals surface area contributed by atoms with E-state index < -0.39 is 0 Å². The highest BCUT2D eigenvalue weighted by Crippen LogP contribution is 2.41. The molecule has 1 aliphatic carbocycles. The van der Waals surface area contributed by atoms with E-state index in [4.69, 9.17) is 9.94 Å². The summed E-state index contributed by atoms with van der Waals surface area (Å²) in [6, 6.07) is 6.61. The van der Waals surface area contributed by atoms with Crippen LogP contribution in [0.15, 0.2) is 23.4 Å². The summed E-state index contributed by atoms with van der Waals surface area (Å²) in [7, 11) is 0. The van der Waals surface area contributed by atoms with Gasteiger partial charge in [0.05, 0.1) is 11.3 Å². The first-order valence-corrected chi connectivity index (χ1v) is 8.03. The third-order valence-corrected chi connectivity index (χ3v) is 4.54. The number of ether oxygens (including phenoxy) is 1. The number of benzene rings is 1. The number of unbranched alkanes of at least 4 members (excludes halogenated alkanes) is 1. The van der Waals surface area contributed by atoms with E-state index in [1.54, 1.807) is 0 Å². The summed E-state index contributed by atoms with van der Waals surface area (Å²) in [6.07, 6.45) is 5.67. The van der Waals surface area contributed by atoms with Gasteiger partial charge in [-0.3, -0.25) is 0 Å². The molecule has 0 spiro atoms. The zero-order valence-corrected chi connectivity index (χ0v) is 13.5. The Morgan fingerprint density at radius 2 is 1.95 bits per heavy atom. The monoisotopic (exact) mass is 289 g/mol. The van der Waals surface area contributed by atoms with Gasteiger partial charge in [0.15, 0.2) is 0 Å². The molecule has 0 unspecified atom stereocenters. The molecule has 0 radical (unpaired) electrons. The minimum Gasteiger partial charge on any atom is -0.411 e. The molecule has 1 aromatic rings. The van der Waals surface area contributed by atoms with Gasteiger partial charge < -0.3 is 9.94 Å². The van der Waals surface area contributed by atoms with Crippen molar-refractivity contribution in [2.75, 3.05) is 6.61 Å². The Balaban J connectivity index is 2.29. The number of aryl methyl sites for hydroxylation is 2. The van der Waals surface area contributed by atoms with Gasteiger partial charge in [-0.05, 0) is 57.1 Å². The SMILES string of the molecule is CCCCOC1(c2cc(C)ccc2C)CCC(=NO)CC1. The van der Waals surface area contributed by atoms with Crippen molar-refractivity contribution in [3.05, 3.63) is 34.9 Å². The lowest BCUT2D eigenvalue weighted by Gasteiger charge is -2.39. The van der Waals surface area contributed by atoms with Gasteiger partial charge in [0.25, 0.3) is 0 Å². The van der Waals surface area contributed by atoms with Crippen LogP contribution in [0.3, 0.4) is 0 Å². The second kappa shape index (κ2) is 7.08. The molecule has 3 nitrogen and oxygen atoms in total. The minimum atomic E-state index is -0.209. The predicted molar refractivity (Wildman–Crippen MR) is 86.1 cm³/mol. The summed E-state index contributed by atoms with van der Waals surface area (Å²) < 4.78 is 6.39. The molecule has 1 aromatic carbocycles. The van der Waals surface area contributed by atoms with E-state index in [-0.39, 0.29) is 5.60 Å². The maximum atomic E-state index is 8.99. The number of oxime groups is 1. The van der Waals surface area contributed by atoms with Crippen molar-refractivity contribution >= 4 is 5.71 Å². The van der Waals surface area contributed by atoms with Crippen LogP contribution in [0, 0.1) is 13.8 Å². The summed E-state index contributed by atoms with van der Waals surface area (Å²) in [5, 5.41) is 12.4. The van der Waals surface area contributed by atoms with E-state index in [1.165, 1.54) is 16.7 Å². The molecule has 0 atom stereocenters. The van der Waals surface area contributed by atoms with Gasteiger partial charge in [-0.1, -0.05) is 42.3 Å². The highest BCUT2D eigenvalue weighted by atomic mass is 16.5. The minimum absolute atomic E-state index is 0.209. The lowest BCUT2D eigenvalue weighted by Crippen LogP contribution is -2.36. The van der Waals surface area contributed by atoms with Crippen LogP contribution in [0.1, 0.15) is 62.1 Å². The average Bonchev–Trinajstić information content (AvgIpc) is 2.50. The van der Waals surface area contributed by atoms with Crippen LogP contribution in [0.2, 0.25) is 0 Å². The maximum Gasteiger partial charge on any atom is 0.0941 e. The van der Waals surface area contributed by atoms with Crippen LogP contribution in [0.4, 0.5) is 0 Å². The second-order valence-corrected chi connectivity index (χ2v) is 6.18. The summed E-state index contributed by atoms with van der Waals surface area (Å²) in [5.41, 5.74) is 4.57. The molecule has 1 aliphatic rings. The Labute approximate surface area is 128 Å². The van der Waals surface area contributed by atoms with E-state index in [0.29, 0.717) is 0 Å². The van der Waals surface area contributed by atoms with Gasteiger partial charge in [0.1, 0.15) is 0 Å². The summed E-state index contributed by atoms with van der Waals surface area (Å²) in [6.45, 7) is 7.28.